The second kappa shape index (κ2) is 3.47. The van der Waals surface area contributed by atoms with Crippen molar-refractivity contribution in [2.24, 2.45) is 0 Å². The minimum absolute atomic E-state index is 0.530. The Morgan fingerprint density at radius 2 is 2.06 bits per heavy atom. The molecule has 3 nitrogen and oxygen atoms in total. The van der Waals surface area contributed by atoms with Crippen LogP contribution in [0.15, 0.2) is 24.3 Å². The van der Waals surface area contributed by atoms with E-state index in [1.165, 1.54) is 12.0 Å². The molecule has 1 aromatic rings. The lowest BCUT2D eigenvalue weighted by Crippen LogP contribution is -2.46. The fourth-order valence-electron chi connectivity index (χ4n) is 2.13. The van der Waals surface area contributed by atoms with E-state index in [1.54, 1.807) is 38.1 Å². The van der Waals surface area contributed by atoms with E-state index in [9.17, 15) is 9.18 Å². The lowest BCUT2D eigenvalue weighted by Gasteiger charge is -2.31. The van der Waals surface area contributed by atoms with E-state index < -0.39 is 17.8 Å². The quantitative estimate of drug-likeness (QED) is 0.676. The number of alkyl halides is 1. The van der Waals surface area contributed by atoms with Crippen LogP contribution in [0.4, 0.5) is 14.9 Å². The van der Waals surface area contributed by atoms with Crippen LogP contribution in [0.2, 0.25) is 0 Å². The maximum absolute atomic E-state index is 14.2. The van der Waals surface area contributed by atoms with E-state index in [0.29, 0.717) is 11.3 Å². The van der Waals surface area contributed by atoms with Crippen molar-refractivity contribution >= 4 is 11.8 Å². The van der Waals surface area contributed by atoms with E-state index in [2.05, 4.69) is 0 Å². The number of rotatable bonds is 0. The Morgan fingerprint density at radius 3 is 2.69 bits per heavy atom. The molecule has 0 aliphatic carbocycles. The maximum Gasteiger partial charge on any atom is 0.414 e. The number of fused-ring (bicyclic) bond motifs is 1. The molecule has 0 saturated carbocycles. The van der Waals surface area contributed by atoms with Gasteiger partial charge in [0.15, 0.2) is 6.17 Å². The molecule has 1 amide bonds. The summed E-state index contributed by atoms with van der Waals surface area (Å²) in [7, 11) is 1.30. The van der Waals surface area contributed by atoms with Crippen LogP contribution in [-0.2, 0) is 4.74 Å². The minimum Gasteiger partial charge on any atom is -0.452 e. The number of anilines is 1. The number of nitrogens with zero attached hydrogens (tertiary/aromatic N) is 1. The van der Waals surface area contributed by atoms with Gasteiger partial charge >= 0.3 is 6.09 Å². The first-order valence-corrected chi connectivity index (χ1v) is 5.11. The number of halogens is 1. The van der Waals surface area contributed by atoms with Gasteiger partial charge in [-0.15, -0.1) is 0 Å². The van der Waals surface area contributed by atoms with Crippen molar-refractivity contribution in [1.82, 2.24) is 0 Å². The topological polar surface area (TPSA) is 29.5 Å². The Morgan fingerprint density at radius 1 is 1.44 bits per heavy atom. The summed E-state index contributed by atoms with van der Waals surface area (Å²) in [4.78, 5) is 13.0. The zero-order valence-corrected chi connectivity index (χ0v) is 9.53. The van der Waals surface area contributed by atoms with Crippen LogP contribution >= 0.6 is 0 Å². The van der Waals surface area contributed by atoms with Crippen molar-refractivity contribution in [3.05, 3.63) is 29.8 Å². The number of hydrogen-bond donors (Lipinski definition) is 0. The molecule has 1 aliphatic heterocycles. The number of ether oxygens (including phenoxy) is 1. The highest BCUT2D eigenvalue weighted by Crippen LogP contribution is 2.48. The van der Waals surface area contributed by atoms with E-state index in [1.807, 2.05) is 0 Å². The molecule has 1 aliphatic rings. The predicted molar refractivity (Wildman–Crippen MR) is 59.3 cm³/mol. The average molecular weight is 223 g/mol. The number of benzene rings is 1. The van der Waals surface area contributed by atoms with Gasteiger partial charge in [-0.2, -0.15) is 0 Å². The summed E-state index contributed by atoms with van der Waals surface area (Å²) in [6, 6.07) is 6.98. The van der Waals surface area contributed by atoms with Gasteiger partial charge in [0.25, 0.3) is 0 Å². The SMILES string of the molecule is COC(=O)N1c2ccccc2C(F)C1(C)C. The van der Waals surface area contributed by atoms with Crippen molar-refractivity contribution in [1.29, 1.82) is 0 Å². The number of hydrogen-bond acceptors (Lipinski definition) is 2. The van der Waals surface area contributed by atoms with Crippen molar-refractivity contribution in [2.75, 3.05) is 12.0 Å². The second-order valence-corrected chi connectivity index (χ2v) is 4.38. The van der Waals surface area contributed by atoms with Gasteiger partial charge < -0.3 is 4.74 Å². The number of amides is 1. The normalized spacial score (nSPS) is 21.8. The molecule has 1 aromatic carbocycles. The highest BCUT2D eigenvalue weighted by molar-refractivity contribution is 5.92. The molecule has 4 heteroatoms. The van der Waals surface area contributed by atoms with E-state index >= 15 is 0 Å². The number of carbonyl (C=O) groups excluding carboxylic acids is 1. The largest absolute Gasteiger partial charge is 0.452 e. The Hall–Kier alpha value is -1.58. The highest BCUT2D eigenvalue weighted by atomic mass is 19.1. The molecule has 0 fully saturated rings. The maximum atomic E-state index is 14.2. The smallest absolute Gasteiger partial charge is 0.414 e. The Bertz CT molecular complexity index is 431. The van der Waals surface area contributed by atoms with Gasteiger partial charge in [0.05, 0.1) is 18.3 Å². The Kier molecular flexibility index (Phi) is 2.37. The van der Waals surface area contributed by atoms with Crippen LogP contribution in [0.25, 0.3) is 0 Å². The molecule has 1 unspecified atom stereocenters. The van der Waals surface area contributed by atoms with Crippen LogP contribution in [0.1, 0.15) is 25.6 Å². The highest BCUT2D eigenvalue weighted by Gasteiger charge is 2.48. The van der Waals surface area contributed by atoms with Crippen molar-refractivity contribution < 1.29 is 13.9 Å². The third-order valence-corrected chi connectivity index (χ3v) is 3.00. The van der Waals surface area contributed by atoms with E-state index in [4.69, 9.17) is 4.74 Å². The molecule has 1 atom stereocenters. The Labute approximate surface area is 93.8 Å². The van der Waals surface area contributed by atoms with Crippen molar-refractivity contribution in [3.8, 4) is 0 Å². The zero-order valence-electron chi connectivity index (χ0n) is 9.53. The molecule has 16 heavy (non-hydrogen) atoms. The minimum atomic E-state index is -1.19. The first kappa shape index (κ1) is 10.9. The molecule has 0 radical (unpaired) electrons. The lowest BCUT2D eigenvalue weighted by molar-refractivity contribution is 0.160. The van der Waals surface area contributed by atoms with Gasteiger partial charge in [0.2, 0.25) is 0 Å². The third kappa shape index (κ3) is 1.29. The summed E-state index contributed by atoms with van der Waals surface area (Å²) in [6.07, 6.45) is -1.72. The van der Waals surface area contributed by atoms with Crippen molar-refractivity contribution in [3.63, 3.8) is 0 Å². The molecule has 0 N–H and O–H groups in total. The summed E-state index contributed by atoms with van der Waals surface area (Å²) in [5.41, 5.74) is 0.223. The van der Waals surface area contributed by atoms with Gasteiger partial charge in [-0.1, -0.05) is 18.2 Å². The van der Waals surface area contributed by atoms with Gasteiger partial charge in [0.1, 0.15) is 0 Å². The first-order chi connectivity index (χ1) is 7.50. The number of carbonyl (C=O) groups is 1. The standard InChI is InChI=1S/C12H14FNO2/c1-12(2)10(13)8-6-4-5-7-9(8)14(12)11(15)16-3/h4-7,10H,1-3H3. The fourth-order valence-corrected chi connectivity index (χ4v) is 2.13. The van der Waals surface area contributed by atoms with Gasteiger partial charge in [-0.3, -0.25) is 4.90 Å². The summed E-state index contributed by atoms with van der Waals surface area (Å²) in [6.45, 7) is 3.38. The molecule has 86 valence electrons. The average Bonchev–Trinajstić information content (AvgIpc) is 2.47. The predicted octanol–water partition coefficient (Wildman–Crippen LogP) is 3.06. The molecule has 2 rings (SSSR count). The van der Waals surface area contributed by atoms with Gasteiger partial charge in [0, 0.05) is 5.56 Å². The van der Waals surface area contributed by atoms with Crippen LogP contribution < -0.4 is 4.90 Å². The molecule has 0 spiro atoms. The third-order valence-electron chi connectivity index (χ3n) is 3.00. The van der Waals surface area contributed by atoms with E-state index in [0.717, 1.165) is 0 Å². The molecular weight excluding hydrogens is 209 g/mol. The molecular formula is C12H14FNO2. The summed E-state index contributed by atoms with van der Waals surface area (Å²) >= 11 is 0. The monoisotopic (exact) mass is 223 g/mol. The lowest BCUT2D eigenvalue weighted by atomic mass is 9.97. The van der Waals surface area contributed by atoms with Crippen molar-refractivity contribution in [2.45, 2.75) is 25.6 Å². The molecule has 1 heterocycles. The number of methoxy groups -OCH3 is 1. The zero-order chi connectivity index (χ0) is 11.9. The van der Waals surface area contributed by atoms with Crippen LogP contribution in [0, 0.1) is 0 Å². The van der Waals surface area contributed by atoms with Crippen LogP contribution in [0.5, 0.6) is 0 Å². The summed E-state index contributed by atoms with van der Waals surface area (Å²) in [5, 5.41) is 0. The summed E-state index contributed by atoms with van der Waals surface area (Å²) < 4.78 is 18.9. The van der Waals surface area contributed by atoms with Gasteiger partial charge in [-0.05, 0) is 19.9 Å². The summed E-state index contributed by atoms with van der Waals surface area (Å²) in [5.74, 6) is 0. The Balaban J connectivity index is 2.56. The molecule has 0 bridgehead atoms. The first-order valence-electron chi connectivity index (χ1n) is 5.11. The molecule has 0 saturated heterocycles. The fraction of sp³-hybridized carbons (Fsp3) is 0.417. The van der Waals surface area contributed by atoms with Crippen LogP contribution in [-0.4, -0.2) is 18.7 Å². The van der Waals surface area contributed by atoms with Crippen LogP contribution in [0.3, 0.4) is 0 Å². The second-order valence-electron chi connectivity index (χ2n) is 4.38. The number of para-hydroxylation sites is 1. The van der Waals surface area contributed by atoms with E-state index in [-0.39, 0.29) is 0 Å². The molecule has 0 aromatic heterocycles. The van der Waals surface area contributed by atoms with Gasteiger partial charge in [-0.25, -0.2) is 9.18 Å².